The molecule has 2 aliphatic heterocycles. The molecule has 20 heavy (non-hydrogen) atoms. The first-order valence-electron chi connectivity index (χ1n) is 6.55. The molecule has 2 heterocycles. The molecular formula is C12H13FO6S. The van der Waals surface area contributed by atoms with Crippen molar-refractivity contribution in [2.75, 3.05) is 0 Å². The summed E-state index contributed by atoms with van der Waals surface area (Å²) in [5.74, 6) is 0.354. The van der Waals surface area contributed by atoms with E-state index in [0.29, 0.717) is 5.76 Å². The number of halogens is 1. The van der Waals surface area contributed by atoms with E-state index in [1.165, 1.54) is 6.08 Å². The zero-order valence-electron chi connectivity index (χ0n) is 10.3. The van der Waals surface area contributed by atoms with Gasteiger partial charge < -0.3 is 9.47 Å². The lowest BCUT2D eigenvalue weighted by Gasteiger charge is -2.35. The van der Waals surface area contributed by atoms with Crippen LogP contribution in [0, 0.1) is 23.7 Å². The first kappa shape index (κ1) is 12.6. The van der Waals surface area contributed by atoms with Crippen LogP contribution in [0.5, 0.6) is 0 Å². The SMILES string of the molecule is O=C1OC2CC3CC2C1C3C1=CC(C(F)S(=O)(=O)O)O1. The van der Waals surface area contributed by atoms with E-state index >= 15 is 0 Å². The molecule has 2 bridgehead atoms. The van der Waals surface area contributed by atoms with Crippen molar-refractivity contribution in [3.63, 3.8) is 0 Å². The van der Waals surface area contributed by atoms with Gasteiger partial charge in [-0.15, -0.1) is 0 Å². The van der Waals surface area contributed by atoms with E-state index in [4.69, 9.17) is 14.0 Å². The third kappa shape index (κ3) is 1.52. The Morgan fingerprint density at radius 1 is 1.30 bits per heavy atom. The molecule has 1 saturated heterocycles. The standard InChI is InChI=1S/C12H13FO6S/c13-11(20(15,16)17)8-3-7(18-8)9-4-1-5-6(2-4)19-12(14)10(5)9/h3-6,8-11H,1-2H2,(H,15,16,17). The van der Waals surface area contributed by atoms with Gasteiger partial charge in [-0.25, -0.2) is 4.39 Å². The van der Waals surface area contributed by atoms with E-state index < -0.39 is 21.7 Å². The van der Waals surface area contributed by atoms with Gasteiger partial charge in [0.25, 0.3) is 5.50 Å². The van der Waals surface area contributed by atoms with E-state index in [0.717, 1.165) is 12.8 Å². The molecule has 7 unspecified atom stereocenters. The molecule has 0 radical (unpaired) electrons. The maximum atomic E-state index is 13.4. The van der Waals surface area contributed by atoms with Crippen molar-refractivity contribution in [2.24, 2.45) is 23.7 Å². The van der Waals surface area contributed by atoms with Crippen molar-refractivity contribution >= 4 is 16.1 Å². The maximum absolute atomic E-state index is 13.4. The number of ether oxygens (including phenoxy) is 2. The van der Waals surface area contributed by atoms with E-state index in [1.807, 2.05) is 0 Å². The van der Waals surface area contributed by atoms with Crippen LogP contribution in [0.15, 0.2) is 11.8 Å². The summed E-state index contributed by atoms with van der Waals surface area (Å²) >= 11 is 0. The van der Waals surface area contributed by atoms with Crippen molar-refractivity contribution in [1.82, 2.24) is 0 Å². The lowest BCUT2D eigenvalue weighted by molar-refractivity contribution is -0.144. The molecule has 2 saturated carbocycles. The second kappa shape index (κ2) is 3.73. The van der Waals surface area contributed by atoms with Crippen LogP contribution in [0.4, 0.5) is 4.39 Å². The van der Waals surface area contributed by atoms with Crippen LogP contribution in [0.1, 0.15) is 12.8 Å². The average Bonchev–Trinajstić information content (AvgIpc) is 2.86. The van der Waals surface area contributed by atoms with Gasteiger partial charge in [0.2, 0.25) is 0 Å². The summed E-state index contributed by atoms with van der Waals surface area (Å²) in [5.41, 5.74) is -2.48. The predicted molar refractivity (Wildman–Crippen MR) is 62.5 cm³/mol. The minimum Gasteiger partial charge on any atom is -0.486 e. The number of fused-ring (bicyclic) bond motifs is 1. The van der Waals surface area contributed by atoms with Gasteiger partial charge in [0, 0.05) is 11.8 Å². The van der Waals surface area contributed by atoms with E-state index in [1.54, 1.807) is 0 Å². The van der Waals surface area contributed by atoms with Crippen molar-refractivity contribution in [2.45, 2.75) is 30.6 Å². The fourth-order valence-corrected chi connectivity index (χ4v) is 4.68. The largest absolute Gasteiger partial charge is 0.486 e. The van der Waals surface area contributed by atoms with Crippen molar-refractivity contribution in [1.29, 1.82) is 0 Å². The highest BCUT2D eigenvalue weighted by molar-refractivity contribution is 7.86. The zero-order chi connectivity index (χ0) is 14.2. The molecule has 0 aromatic rings. The normalized spacial score (nSPS) is 46.5. The zero-order valence-corrected chi connectivity index (χ0v) is 11.1. The van der Waals surface area contributed by atoms with Crippen LogP contribution in [-0.2, 0) is 24.4 Å². The Labute approximate surface area is 114 Å². The van der Waals surface area contributed by atoms with Crippen LogP contribution < -0.4 is 0 Å². The smallest absolute Gasteiger partial charge is 0.310 e. The molecule has 7 atom stereocenters. The second-order valence-electron chi connectivity index (χ2n) is 5.94. The first-order valence-corrected chi connectivity index (χ1v) is 8.06. The Morgan fingerprint density at radius 2 is 2.00 bits per heavy atom. The van der Waals surface area contributed by atoms with Gasteiger partial charge in [-0.2, -0.15) is 8.42 Å². The Hall–Kier alpha value is -1.15. The molecule has 4 aliphatic rings. The number of allylic oxidation sites excluding steroid dienone is 1. The summed E-state index contributed by atoms with van der Waals surface area (Å²) in [5, 5.41) is 0. The maximum Gasteiger partial charge on any atom is 0.310 e. The monoisotopic (exact) mass is 304 g/mol. The van der Waals surface area contributed by atoms with Crippen LogP contribution in [0.3, 0.4) is 0 Å². The number of rotatable bonds is 3. The number of hydrogen-bond donors (Lipinski definition) is 1. The van der Waals surface area contributed by atoms with E-state index in [-0.39, 0.29) is 35.7 Å². The van der Waals surface area contributed by atoms with Gasteiger partial charge in [0.15, 0.2) is 6.10 Å². The fourth-order valence-electron chi connectivity index (χ4n) is 4.20. The molecule has 0 aromatic carbocycles. The Bertz CT molecular complexity index is 611. The fraction of sp³-hybridized carbons (Fsp3) is 0.750. The molecule has 1 N–H and O–H groups in total. The summed E-state index contributed by atoms with van der Waals surface area (Å²) in [6.45, 7) is 0. The van der Waals surface area contributed by atoms with Gasteiger partial charge in [-0.3, -0.25) is 9.35 Å². The number of alkyl halides is 1. The Kier molecular flexibility index (Phi) is 2.35. The van der Waals surface area contributed by atoms with Crippen molar-refractivity contribution < 1.29 is 31.6 Å². The van der Waals surface area contributed by atoms with Gasteiger partial charge in [0.05, 0.1) is 5.92 Å². The molecular weight excluding hydrogens is 291 g/mol. The summed E-state index contributed by atoms with van der Waals surface area (Å²) in [6, 6.07) is 0. The second-order valence-corrected chi connectivity index (χ2v) is 7.42. The molecule has 0 spiro atoms. The predicted octanol–water partition coefficient (Wildman–Crippen LogP) is 0.650. The third-order valence-electron chi connectivity index (χ3n) is 4.96. The van der Waals surface area contributed by atoms with Crippen LogP contribution in [0.2, 0.25) is 0 Å². The van der Waals surface area contributed by atoms with Crippen LogP contribution in [0.25, 0.3) is 0 Å². The number of carbonyl (C=O) groups is 1. The molecule has 0 amide bonds. The quantitative estimate of drug-likeness (QED) is 0.608. The minimum atomic E-state index is -4.77. The molecule has 3 fully saturated rings. The lowest BCUT2D eigenvalue weighted by Crippen LogP contribution is -2.40. The van der Waals surface area contributed by atoms with E-state index in [9.17, 15) is 17.6 Å². The molecule has 6 nitrogen and oxygen atoms in total. The van der Waals surface area contributed by atoms with Gasteiger partial charge in [-0.1, -0.05) is 0 Å². The molecule has 110 valence electrons. The third-order valence-corrected chi connectivity index (χ3v) is 5.79. The van der Waals surface area contributed by atoms with Gasteiger partial charge in [0.1, 0.15) is 11.9 Å². The molecule has 4 rings (SSSR count). The number of esters is 1. The molecule has 2 aliphatic carbocycles. The topological polar surface area (TPSA) is 89.9 Å². The highest BCUT2D eigenvalue weighted by Gasteiger charge is 2.64. The summed E-state index contributed by atoms with van der Waals surface area (Å²) in [6.07, 6.45) is 1.78. The highest BCUT2D eigenvalue weighted by atomic mass is 32.2. The van der Waals surface area contributed by atoms with Crippen LogP contribution in [-0.4, -0.2) is 36.7 Å². The molecule has 0 aromatic heterocycles. The minimum absolute atomic E-state index is 0.0111. The van der Waals surface area contributed by atoms with E-state index in [2.05, 4.69) is 0 Å². The molecule has 8 heteroatoms. The van der Waals surface area contributed by atoms with Gasteiger partial charge >= 0.3 is 16.1 Å². The summed E-state index contributed by atoms with van der Waals surface area (Å²) in [7, 11) is -4.77. The van der Waals surface area contributed by atoms with Crippen molar-refractivity contribution in [3.05, 3.63) is 11.8 Å². The number of carbonyl (C=O) groups excluding carboxylic acids is 1. The summed E-state index contributed by atoms with van der Waals surface area (Å²) < 4.78 is 53.9. The lowest BCUT2D eigenvalue weighted by atomic mass is 9.77. The average molecular weight is 304 g/mol. The van der Waals surface area contributed by atoms with Gasteiger partial charge in [-0.05, 0) is 24.8 Å². The van der Waals surface area contributed by atoms with Crippen molar-refractivity contribution in [3.8, 4) is 0 Å². The number of hydrogen-bond acceptors (Lipinski definition) is 5. The summed E-state index contributed by atoms with van der Waals surface area (Å²) in [4.78, 5) is 11.8. The van der Waals surface area contributed by atoms with Crippen LogP contribution >= 0.6 is 0 Å². The Morgan fingerprint density at radius 3 is 2.65 bits per heavy atom. The first-order chi connectivity index (χ1) is 9.36. The highest BCUT2D eigenvalue weighted by Crippen LogP contribution is 2.60. The Balaban J connectivity index is 1.55.